The lowest BCUT2D eigenvalue weighted by Crippen LogP contribution is -2.57. The number of benzene rings is 1. The van der Waals surface area contributed by atoms with Crippen LogP contribution in [0.3, 0.4) is 0 Å². The highest BCUT2D eigenvalue weighted by molar-refractivity contribution is 5.29. The third-order valence-electron chi connectivity index (χ3n) is 4.94. The molecule has 0 aromatic heterocycles. The summed E-state index contributed by atoms with van der Waals surface area (Å²) in [5, 5.41) is 0. The summed E-state index contributed by atoms with van der Waals surface area (Å²) in [5.74, 6) is 7.52. The number of nitrogens with one attached hydrogen (secondary N) is 1. The summed E-state index contributed by atoms with van der Waals surface area (Å²) in [7, 11) is 3.50. The van der Waals surface area contributed by atoms with E-state index in [9.17, 15) is 0 Å². The lowest BCUT2D eigenvalue weighted by molar-refractivity contribution is -0.0746. The average Bonchev–Trinajstić information content (AvgIpc) is 2.54. The molecular formula is C17H28N2O2. The van der Waals surface area contributed by atoms with Gasteiger partial charge in [-0.1, -0.05) is 19.1 Å². The van der Waals surface area contributed by atoms with Crippen LogP contribution in [0.1, 0.15) is 38.2 Å². The Hall–Kier alpha value is -1.10. The molecule has 0 bridgehead atoms. The number of hydrogen-bond acceptors (Lipinski definition) is 4. The molecule has 1 atom stereocenters. The van der Waals surface area contributed by atoms with Gasteiger partial charge in [0.05, 0.1) is 18.8 Å². The second kappa shape index (κ2) is 7.25. The van der Waals surface area contributed by atoms with Gasteiger partial charge in [-0.2, -0.15) is 0 Å². The van der Waals surface area contributed by atoms with Crippen molar-refractivity contribution in [3.8, 4) is 5.75 Å². The van der Waals surface area contributed by atoms with Crippen LogP contribution in [0.5, 0.6) is 5.75 Å². The van der Waals surface area contributed by atoms with E-state index in [-0.39, 0.29) is 11.6 Å². The Bertz CT molecular complexity index is 442. The Morgan fingerprint density at radius 1 is 1.33 bits per heavy atom. The van der Waals surface area contributed by atoms with Gasteiger partial charge < -0.3 is 9.47 Å². The quantitative estimate of drug-likeness (QED) is 0.625. The minimum absolute atomic E-state index is 0.113. The van der Waals surface area contributed by atoms with E-state index in [1.165, 1.54) is 18.4 Å². The predicted octanol–water partition coefficient (Wildman–Crippen LogP) is 2.66. The van der Waals surface area contributed by atoms with E-state index in [0.717, 1.165) is 30.9 Å². The van der Waals surface area contributed by atoms with Gasteiger partial charge in [0.15, 0.2) is 0 Å². The van der Waals surface area contributed by atoms with Crippen molar-refractivity contribution >= 4 is 0 Å². The Balaban J connectivity index is 2.13. The second-order valence-corrected chi connectivity index (χ2v) is 6.23. The van der Waals surface area contributed by atoms with Crippen LogP contribution in [0.4, 0.5) is 0 Å². The summed E-state index contributed by atoms with van der Waals surface area (Å²) < 4.78 is 11.2. The second-order valence-electron chi connectivity index (χ2n) is 6.23. The van der Waals surface area contributed by atoms with E-state index in [4.69, 9.17) is 15.3 Å². The molecule has 1 saturated carbocycles. The van der Waals surface area contributed by atoms with Crippen LogP contribution in [0.15, 0.2) is 24.3 Å². The first kappa shape index (κ1) is 16.3. The van der Waals surface area contributed by atoms with E-state index in [0.29, 0.717) is 0 Å². The van der Waals surface area contributed by atoms with Crippen LogP contribution in [-0.2, 0) is 11.2 Å². The highest BCUT2D eigenvalue weighted by atomic mass is 16.5. The Labute approximate surface area is 128 Å². The van der Waals surface area contributed by atoms with Gasteiger partial charge >= 0.3 is 0 Å². The van der Waals surface area contributed by atoms with E-state index in [2.05, 4.69) is 24.5 Å². The van der Waals surface area contributed by atoms with Crippen LogP contribution in [0.25, 0.3) is 0 Å². The number of rotatable bonds is 6. The molecule has 1 aliphatic rings. The van der Waals surface area contributed by atoms with Crippen molar-refractivity contribution in [1.82, 2.24) is 5.43 Å². The Kier molecular flexibility index (Phi) is 5.62. The normalized spacial score (nSPS) is 27.3. The minimum atomic E-state index is -0.162. The fourth-order valence-electron chi connectivity index (χ4n) is 3.38. The largest absolute Gasteiger partial charge is 0.497 e. The molecule has 21 heavy (non-hydrogen) atoms. The standard InChI is InChI=1S/C17H28N2O2/c1-13-7-9-17(21-3,10-8-13)16(19-18)12-14-5-4-6-15(11-14)20-2/h4-6,11,13,16,19H,7-10,12,18H2,1-3H3. The summed E-state index contributed by atoms with van der Waals surface area (Å²) >= 11 is 0. The van der Waals surface area contributed by atoms with Gasteiger partial charge in [-0.3, -0.25) is 11.3 Å². The molecule has 1 fully saturated rings. The fourth-order valence-corrected chi connectivity index (χ4v) is 3.38. The Morgan fingerprint density at radius 3 is 2.62 bits per heavy atom. The lowest BCUT2D eigenvalue weighted by atomic mass is 9.74. The molecule has 118 valence electrons. The van der Waals surface area contributed by atoms with Crippen LogP contribution in [0, 0.1) is 5.92 Å². The molecule has 1 unspecified atom stereocenters. The predicted molar refractivity (Wildman–Crippen MR) is 85.2 cm³/mol. The summed E-state index contributed by atoms with van der Waals surface area (Å²) in [6, 6.07) is 8.27. The van der Waals surface area contributed by atoms with E-state index in [1.54, 1.807) is 7.11 Å². The van der Waals surface area contributed by atoms with Crippen molar-refractivity contribution in [2.45, 2.75) is 50.7 Å². The molecule has 0 saturated heterocycles. The molecule has 2 rings (SSSR count). The van der Waals surface area contributed by atoms with Gasteiger partial charge in [0.2, 0.25) is 0 Å². The van der Waals surface area contributed by atoms with Crippen molar-refractivity contribution < 1.29 is 9.47 Å². The summed E-state index contributed by atoms with van der Waals surface area (Å²) in [6.45, 7) is 2.31. The molecule has 1 aromatic carbocycles. The van der Waals surface area contributed by atoms with Gasteiger partial charge in [-0.25, -0.2) is 0 Å². The molecule has 4 heteroatoms. The van der Waals surface area contributed by atoms with Crippen molar-refractivity contribution in [3.63, 3.8) is 0 Å². The van der Waals surface area contributed by atoms with Gasteiger partial charge in [-0.15, -0.1) is 0 Å². The first-order valence-corrected chi connectivity index (χ1v) is 7.77. The van der Waals surface area contributed by atoms with Crippen molar-refractivity contribution in [2.75, 3.05) is 14.2 Å². The topological polar surface area (TPSA) is 56.5 Å². The zero-order valence-corrected chi connectivity index (χ0v) is 13.4. The lowest BCUT2D eigenvalue weighted by Gasteiger charge is -2.44. The maximum Gasteiger partial charge on any atom is 0.119 e. The third kappa shape index (κ3) is 3.76. The monoisotopic (exact) mass is 292 g/mol. The third-order valence-corrected chi connectivity index (χ3v) is 4.94. The number of ether oxygens (including phenoxy) is 2. The van der Waals surface area contributed by atoms with Crippen LogP contribution in [0.2, 0.25) is 0 Å². The number of hydrazine groups is 1. The molecule has 1 aromatic rings. The van der Waals surface area contributed by atoms with Crippen molar-refractivity contribution in [3.05, 3.63) is 29.8 Å². The zero-order chi connectivity index (χ0) is 15.3. The molecule has 0 heterocycles. The number of nitrogens with two attached hydrogens (primary N) is 1. The van der Waals surface area contributed by atoms with Gasteiger partial charge in [0, 0.05) is 7.11 Å². The average molecular weight is 292 g/mol. The van der Waals surface area contributed by atoms with Gasteiger partial charge in [0.25, 0.3) is 0 Å². The van der Waals surface area contributed by atoms with E-state index in [1.807, 2.05) is 19.2 Å². The number of hydrogen-bond donors (Lipinski definition) is 2. The SMILES string of the molecule is COc1cccc(CC(NN)C2(OC)CCC(C)CC2)c1. The number of methoxy groups -OCH3 is 2. The summed E-state index contributed by atoms with van der Waals surface area (Å²) in [4.78, 5) is 0. The van der Waals surface area contributed by atoms with Crippen LogP contribution < -0.4 is 16.0 Å². The molecule has 4 nitrogen and oxygen atoms in total. The van der Waals surface area contributed by atoms with Crippen LogP contribution in [-0.4, -0.2) is 25.9 Å². The van der Waals surface area contributed by atoms with E-state index < -0.39 is 0 Å². The van der Waals surface area contributed by atoms with Crippen LogP contribution >= 0.6 is 0 Å². The Morgan fingerprint density at radius 2 is 2.05 bits per heavy atom. The molecular weight excluding hydrogens is 264 g/mol. The molecule has 3 N–H and O–H groups in total. The summed E-state index contributed by atoms with van der Waals surface area (Å²) in [6.07, 6.45) is 5.36. The maximum absolute atomic E-state index is 5.94. The minimum Gasteiger partial charge on any atom is -0.497 e. The zero-order valence-electron chi connectivity index (χ0n) is 13.4. The first-order chi connectivity index (χ1) is 10.1. The summed E-state index contributed by atoms with van der Waals surface area (Å²) in [5.41, 5.74) is 4.05. The molecule has 0 radical (unpaired) electrons. The van der Waals surface area contributed by atoms with Gasteiger partial charge in [-0.05, 0) is 55.7 Å². The fraction of sp³-hybridized carbons (Fsp3) is 0.647. The van der Waals surface area contributed by atoms with Crippen molar-refractivity contribution in [1.29, 1.82) is 0 Å². The first-order valence-electron chi connectivity index (χ1n) is 7.77. The molecule has 0 aliphatic heterocycles. The molecule has 0 amide bonds. The van der Waals surface area contributed by atoms with Gasteiger partial charge in [0.1, 0.15) is 5.75 Å². The smallest absolute Gasteiger partial charge is 0.119 e. The maximum atomic E-state index is 5.94. The highest BCUT2D eigenvalue weighted by Gasteiger charge is 2.41. The molecule has 1 aliphatic carbocycles. The highest BCUT2D eigenvalue weighted by Crippen LogP contribution is 2.37. The van der Waals surface area contributed by atoms with Crippen molar-refractivity contribution in [2.24, 2.45) is 11.8 Å². The van der Waals surface area contributed by atoms with E-state index >= 15 is 0 Å². The molecule has 0 spiro atoms.